The molecule has 5 rings (SSSR count). The van der Waals surface area contributed by atoms with E-state index in [0.29, 0.717) is 18.3 Å². The molecule has 5 aliphatic carbocycles. The third kappa shape index (κ3) is 4.26. The van der Waals surface area contributed by atoms with Crippen molar-refractivity contribution < 1.29 is 28.6 Å². The first kappa shape index (κ1) is 30.6. The summed E-state index contributed by atoms with van der Waals surface area (Å²) in [5.41, 5.74) is 0.868. The Kier molecular flexibility index (Phi) is 7.15. The highest BCUT2D eigenvalue weighted by Gasteiger charge is 2.71. The van der Waals surface area contributed by atoms with Crippen LogP contribution in [0.5, 0.6) is 0 Å². The number of carbonyl (C=O) groups is 3. The van der Waals surface area contributed by atoms with Gasteiger partial charge >= 0.3 is 17.9 Å². The minimum absolute atomic E-state index is 0.0151. The van der Waals surface area contributed by atoms with Crippen LogP contribution in [0.4, 0.5) is 0 Å². The minimum atomic E-state index is -0.467. The molecular weight excluding hydrogens is 516 g/mol. The lowest BCUT2D eigenvalue weighted by molar-refractivity contribution is -0.244. The number of ether oxygens (including phenoxy) is 3. The van der Waals surface area contributed by atoms with Crippen molar-refractivity contribution in [3.63, 3.8) is 0 Å². The van der Waals surface area contributed by atoms with E-state index in [1.807, 2.05) is 0 Å². The molecule has 0 N–H and O–H groups in total. The molecule has 3 unspecified atom stereocenters. The number of allylic oxidation sites excluding steroid dienone is 2. The molecule has 4 saturated carbocycles. The molecule has 0 heterocycles. The number of carbonyl (C=O) groups excluding carboxylic acids is 3. The quantitative estimate of drug-likeness (QED) is 0.199. The van der Waals surface area contributed by atoms with Crippen LogP contribution in [0.25, 0.3) is 0 Å². The van der Waals surface area contributed by atoms with E-state index in [0.717, 1.165) is 51.4 Å². The van der Waals surface area contributed by atoms with Gasteiger partial charge in [-0.1, -0.05) is 60.1 Å². The predicted molar refractivity (Wildman–Crippen MR) is 158 cm³/mol. The lowest BCUT2D eigenvalue weighted by atomic mass is 9.33. The second-order valence-electron chi connectivity index (χ2n) is 16.6. The van der Waals surface area contributed by atoms with Crippen molar-refractivity contribution >= 4 is 17.9 Å². The first-order valence-electron chi connectivity index (χ1n) is 16.0. The molecule has 0 amide bonds. The first-order valence-corrected chi connectivity index (χ1v) is 16.0. The van der Waals surface area contributed by atoms with E-state index in [4.69, 9.17) is 14.2 Å². The van der Waals surface area contributed by atoms with E-state index in [1.165, 1.54) is 19.4 Å². The maximum Gasteiger partial charge on any atom is 0.312 e. The topological polar surface area (TPSA) is 78.9 Å². The molecule has 41 heavy (non-hydrogen) atoms. The molecule has 0 aromatic heterocycles. The number of hydrogen-bond acceptors (Lipinski definition) is 6. The van der Waals surface area contributed by atoms with Gasteiger partial charge in [-0.3, -0.25) is 14.4 Å². The average molecular weight is 571 g/mol. The van der Waals surface area contributed by atoms with Gasteiger partial charge < -0.3 is 14.2 Å². The second-order valence-corrected chi connectivity index (χ2v) is 16.6. The van der Waals surface area contributed by atoms with Crippen LogP contribution in [-0.4, -0.2) is 37.2 Å². The SMILES string of the molecule is COC(=O)[C@]12CCC(C)(C)CC1C1=CCC3[C@@]4(C)C[C@@H](OC(C)=O)[C@H](OC(C)=O)C(C)(C)C4CC[C@@]3(C)[C@]1(C)CC2. The average Bonchev–Trinajstić information content (AvgIpc) is 2.85. The summed E-state index contributed by atoms with van der Waals surface area (Å²) in [6, 6.07) is 0. The molecule has 0 aromatic carbocycles. The van der Waals surface area contributed by atoms with Gasteiger partial charge in [-0.25, -0.2) is 0 Å². The van der Waals surface area contributed by atoms with Crippen molar-refractivity contribution in [3.8, 4) is 0 Å². The molecule has 5 aliphatic rings. The predicted octanol–water partition coefficient (Wildman–Crippen LogP) is 7.43. The molecule has 230 valence electrons. The number of hydrogen-bond donors (Lipinski definition) is 0. The van der Waals surface area contributed by atoms with Crippen molar-refractivity contribution in [2.45, 2.75) is 132 Å². The van der Waals surface area contributed by atoms with Crippen molar-refractivity contribution in [2.75, 3.05) is 7.11 Å². The zero-order chi connectivity index (χ0) is 30.4. The smallest absolute Gasteiger partial charge is 0.312 e. The van der Waals surface area contributed by atoms with Gasteiger partial charge in [-0.15, -0.1) is 0 Å². The van der Waals surface area contributed by atoms with Gasteiger partial charge in [0.15, 0.2) is 0 Å². The van der Waals surface area contributed by atoms with Crippen LogP contribution in [0.1, 0.15) is 120 Å². The van der Waals surface area contributed by atoms with E-state index in [-0.39, 0.29) is 50.9 Å². The maximum atomic E-state index is 13.5. The highest BCUT2D eigenvalue weighted by Crippen LogP contribution is 2.76. The summed E-state index contributed by atoms with van der Waals surface area (Å²) in [6.45, 7) is 19.5. The number of methoxy groups -OCH3 is 1. The molecule has 0 saturated heterocycles. The van der Waals surface area contributed by atoms with Crippen LogP contribution in [0.2, 0.25) is 0 Å². The monoisotopic (exact) mass is 570 g/mol. The highest BCUT2D eigenvalue weighted by molar-refractivity contribution is 5.78. The van der Waals surface area contributed by atoms with Gasteiger partial charge in [0.25, 0.3) is 0 Å². The van der Waals surface area contributed by atoms with E-state index < -0.39 is 17.6 Å². The standard InChI is InChI=1S/C35H54O6/c1-21(36)40-25-20-32(7)26(31(5,6)28(25)41-22(2)37)13-14-34(9)27(32)12-11-23-24-19-30(3,4)15-17-35(24,29(38)39-10)18-16-33(23,34)8/h11,24-28H,12-20H2,1-10H3/t24?,25-,26?,27?,28+,32+,33-,34-,35+/m1/s1. The molecule has 0 radical (unpaired) electrons. The normalized spacial score (nSPS) is 45.9. The van der Waals surface area contributed by atoms with Crippen LogP contribution < -0.4 is 0 Å². The molecule has 0 aromatic rings. The Morgan fingerprint density at radius 1 is 0.805 bits per heavy atom. The third-order valence-electron chi connectivity index (χ3n) is 13.7. The number of rotatable bonds is 3. The number of esters is 3. The molecule has 0 spiro atoms. The van der Waals surface area contributed by atoms with Gasteiger partial charge in [-0.05, 0) is 97.2 Å². The minimum Gasteiger partial charge on any atom is -0.469 e. The third-order valence-corrected chi connectivity index (χ3v) is 13.7. The molecule has 6 heteroatoms. The van der Waals surface area contributed by atoms with Crippen LogP contribution >= 0.6 is 0 Å². The number of fused-ring (bicyclic) bond motifs is 7. The summed E-state index contributed by atoms with van der Waals surface area (Å²) in [4.78, 5) is 38.0. The molecule has 4 fully saturated rings. The van der Waals surface area contributed by atoms with Crippen molar-refractivity contribution in [1.82, 2.24) is 0 Å². The molecule has 9 atom stereocenters. The lowest BCUT2D eigenvalue weighted by Crippen LogP contribution is -2.67. The van der Waals surface area contributed by atoms with E-state index >= 15 is 0 Å². The van der Waals surface area contributed by atoms with Crippen LogP contribution in [-0.2, 0) is 28.6 Å². The molecular formula is C35H54O6. The van der Waals surface area contributed by atoms with Crippen molar-refractivity contribution in [1.29, 1.82) is 0 Å². The Morgan fingerprint density at radius 3 is 2.05 bits per heavy atom. The Balaban J connectivity index is 1.59. The van der Waals surface area contributed by atoms with Crippen molar-refractivity contribution in [2.24, 2.45) is 50.2 Å². The summed E-state index contributed by atoms with van der Waals surface area (Å²) in [5, 5.41) is 0. The van der Waals surface area contributed by atoms with Crippen LogP contribution in [0, 0.1) is 50.2 Å². The van der Waals surface area contributed by atoms with Gasteiger partial charge in [0.05, 0.1) is 12.5 Å². The zero-order valence-corrected chi connectivity index (χ0v) is 27.3. The highest BCUT2D eigenvalue weighted by atomic mass is 16.6. The Labute approximate surface area is 247 Å². The molecule has 0 bridgehead atoms. The molecule has 0 aliphatic heterocycles. The second kappa shape index (κ2) is 9.58. The van der Waals surface area contributed by atoms with Crippen LogP contribution in [0.15, 0.2) is 11.6 Å². The summed E-state index contributed by atoms with van der Waals surface area (Å²) in [5.74, 6) is 0.264. The fourth-order valence-corrected chi connectivity index (χ4v) is 11.6. The fourth-order valence-electron chi connectivity index (χ4n) is 11.6. The van der Waals surface area contributed by atoms with E-state index in [9.17, 15) is 14.4 Å². The summed E-state index contributed by atoms with van der Waals surface area (Å²) >= 11 is 0. The fraction of sp³-hybridized carbons (Fsp3) is 0.857. The van der Waals surface area contributed by atoms with Crippen molar-refractivity contribution in [3.05, 3.63) is 11.6 Å². The Morgan fingerprint density at radius 2 is 1.44 bits per heavy atom. The van der Waals surface area contributed by atoms with Gasteiger partial charge in [0.1, 0.15) is 12.2 Å². The lowest BCUT2D eigenvalue weighted by Gasteiger charge is -2.71. The molecule has 6 nitrogen and oxygen atoms in total. The zero-order valence-electron chi connectivity index (χ0n) is 27.3. The summed E-state index contributed by atoms with van der Waals surface area (Å²) in [6.07, 6.45) is 10.3. The summed E-state index contributed by atoms with van der Waals surface area (Å²) < 4.78 is 17.4. The van der Waals surface area contributed by atoms with E-state index in [1.54, 1.807) is 7.11 Å². The van der Waals surface area contributed by atoms with Gasteiger partial charge in [-0.2, -0.15) is 0 Å². The largest absolute Gasteiger partial charge is 0.469 e. The van der Waals surface area contributed by atoms with E-state index in [2.05, 4.69) is 54.5 Å². The van der Waals surface area contributed by atoms with Gasteiger partial charge in [0, 0.05) is 19.3 Å². The maximum absolute atomic E-state index is 13.5. The van der Waals surface area contributed by atoms with Crippen LogP contribution in [0.3, 0.4) is 0 Å². The Bertz CT molecular complexity index is 1150. The van der Waals surface area contributed by atoms with Gasteiger partial charge in [0.2, 0.25) is 0 Å². The Hall–Kier alpha value is -1.85. The first-order chi connectivity index (χ1) is 18.9. The summed E-state index contributed by atoms with van der Waals surface area (Å²) in [7, 11) is 1.56.